The highest BCUT2D eigenvalue weighted by atomic mass is 16.2. The van der Waals surface area contributed by atoms with Crippen LogP contribution in [0.4, 0.5) is 0 Å². The zero-order valence-electron chi connectivity index (χ0n) is 13.0. The lowest BCUT2D eigenvalue weighted by Crippen LogP contribution is -2.47. The lowest BCUT2D eigenvalue weighted by Gasteiger charge is -2.33. The van der Waals surface area contributed by atoms with Gasteiger partial charge in [0.2, 0.25) is 5.91 Å². The third-order valence-electron chi connectivity index (χ3n) is 4.18. The lowest BCUT2D eigenvalue weighted by molar-refractivity contribution is -0.137. The smallest absolute Gasteiger partial charge is 0.247 e. The minimum Gasteiger partial charge on any atom is -0.329 e. The highest BCUT2D eigenvalue weighted by Gasteiger charge is 2.29. The number of piperidine rings is 1. The zero-order chi connectivity index (χ0) is 15.4. The maximum absolute atomic E-state index is 12.4. The van der Waals surface area contributed by atoms with E-state index in [2.05, 4.69) is 5.10 Å². The third-order valence-corrected chi connectivity index (χ3v) is 4.18. The third kappa shape index (κ3) is 3.40. The second kappa shape index (κ2) is 6.70. The number of aryl methyl sites for hydroxylation is 1. The summed E-state index contributed by atoms with van der Waals surface area (Å²) in [6, 6.07) is -0.240. The van der Waals surface area contributed by atoms with Gasteiger partial charge in [-0.1, -0.05) is 6.92 Å². The Morgan fingerprint density at radius 1 is 1.43 bits per heavy atom. The fourth-order valence-electron chi connectivity index (χ4n) is 2.70. The maximum atomic E-state index is 12.4. The van der Waals surface area contributed by atoms with E-state index in [-0.39, 0.29) is 17.7 Å². The number of nitrogens with zero attached hydrogens (tertiary/aromatic N) is 3. The molecule has 0 N–H and O–H groups in total. The van der Waals surface area contributed by atoms with Gasteiger partial charge in [0.15, 0.2) is 5.78 Å². The van der Waals surface area contributed by atoms with Gasteiger partial charge in [-0.25, -0.2) is 0 Å². The molecule has 1 aliphatic rings. The van der Waals surface area contributed by atoms with Crippen LogP contribution in [0.25, 0.3) is 6.08 Å². The first kappa shape index (κ1) is 15.5. The number of likely N-dealkylation sites (tertiary alicyclic amines) is 1. The first-order valence-corrected chi connectivity index (χ1v) is 7.54. The van der Waals surface area contributed by atoms with E-state index in [1.54, 1.807) is 27.9 Å². The molecule has 0 saturated carbocycles. The number of amides is 1. The van der Waals surface area contributed by atoms with Crippen LogP contribution >= 0.6 is 0 Å². The molecule has 0 radical (unpaired) electrons. The zero-order valence-corrected chi connectivity index (χ0v) is 13.0. The standard InChI is InChI=1S/C16H23N3O2/c1-4-15(20)14-7-5-6-10-19(14)16(21)9-8-13-11-17-18(3)12(13)2/h8-9,11,14H,4-7,10H2,1-3H3/b9-8+. The number of aromatic nitrogens is 2. The second-order valence-electron chi connectivity index (χ2n) is 5.51. The fourth-order valence-corrected chi connectivity index (χ4v) is 2.70. The molecule has 21 heavy (non-hydrogen) atoms. The number of hydrogen-bond donors (Lipinski definition) is 0. The van der Waals surface area contributed by atoms with Crippen molar-refractivity contribution < 1.29 is 9.59 Å². The van der Waals surface area contributed by atoms with E-state index in [4.69, 9.17) is 0 Å². The molecule has 1 fully saturated rings. The molecule has 2 heterocycles. The van der Waals surface area contributed by atoms with E-state index in [0.29, 0.717) is 13.0 Å². The molecule has 1 amide bonds. The highest BCUT2D eigenvalue weighted by molar-refractivity contribution is 5.96. The molecule has 0 aromatic carbocycles. The molecule has 5 nitrogen and oxygen atoms in total. The van der Waals surface area contributed by atoms with Gasteiger partial charge >= 0.3 is 0 Å². The number of ketones is 1. The van der Waals surface area contributed by atoms with Crippen LogP contribution in [0.5, 0.6) is 0 Å². The molecule has 0 spiro atoms. The van der Waals surface area contributed by atoms with Gasteiger partial charge in [0, 0.05) is 37.3 Å². The summed E-state index contributed by atoms with van der Waals surface area (Å²) in [5.41, 5.74) is 1.94. The SMILES string of the molecule is CCC(=O)C1CCCCN1C(=O)/C=C/c1cnn(C)c1C. The summed E-state index contributed by atoms with van der Waals surface area (Å²) < 4.78 is 1.77. The average Bonchev–Trinajstić information content (AvgIpc) is 2.83. The van der Waals surface area contributed by atoms with E-state index < -0.39 is 0 Å². The van der Waals surface area contributed by atoms with Gasteiger partial charge in [-0.15, -0.1) is 0 Å². The normalized spacial score (nSPS) is 19.2. The van der Waals surface area contributed by atoms with Gasteiger partial charge in [-0.05, 0) is 32.3 Å². The molecule has 1 saturated heterocycles. The van der Waals surface area contributed by atoms with Crippen LogP contribution in [0.3, 0.4) is 0 Å². The molecule has 1 atom stereocenters. The summed E-state index contributed by atoms with van der Waals surface area (Å²) in [7, 11) is 1.87. The molecule has 1 aromatic heterocycles. The predicted molar refractivity (Wildman–Crippen MR) is 81.6 cm³/mol. The van der Waals surface area contributed by atoms with Crippen LogP contribution in [0, 0.1) is 6.92 Å². The largest absolute Gasteiger partial charge is 0.329 e. The van der Waals surface area contributed by atoms with Crippen molar-refractivity contribution in [3.63, 3.8) is 0 Å². The van der Waals surface area contributed by atoms with Crippen molar-refractivity contribution in [3.8, 4) is 0 Å². The van der Waals surface area contributed by atoms with Crippen LogP contribution < -0.4 is 0 Å². The highest BCUT2D eigenvalue weighted by Crippen LogP contribution is 2.19. The molecule has 2 rings (SSSR count). The lowest BCUT2D eigenvalue weighted by atomic mass is 9.97. The van der Waals surface area contributed by atoms with E-state index in [0.717, 1.165) is 30.5 Å². The second-order valence-corrected chi connectivity index (χ2v) is 5.51. The molecular weight excluding hydrogens is 266 g/mol. The topological polar surface area (TPSA) is 55.2 Å². The molecule has 0 bridgehead atoms. The van der Waals surface area contributed by atoms with Crippen LogP contribution in [0.1, 0.15) is 43.9 Å². The minimum absolute atomic E-state index is 0.0789. The monoisotopic (exact) mass is 289 g/mol. The number of carbonyl (C=O) groups excluding carboxylic acids is 2. The van der Waals surface area contributed by atoms with Crippen LogP contribution in [-0.2, 0) is 16.6 Å². The van der Waals surface area contributed by atoms with E-state index in [1.165, 1.54) is 0 Å². The van der Waals surface area contributed by atoms with Gasteiger partial charge in [0.05, 0.1) is 12.2 Å². The van der Waals surface area contributed by atoms with Gasteiger partial charge in [0.25, 0.3) is 0 Å². The van der Waals surface area contributed by atoms with Crippen LogP contribution in [0.2, 0.25) is 0 Å². The van der Waals surface area contributed by atoms with Crippen molar-refractivity contribution in [2.24, 2.45) is 7.05 Å². The summed E-state index contributed by atoms with van der Waals surface area (Å²) in [6.07, 6.45) is 8.35. The summed E-state index contributed by atoms with van der Waals surface area (Å²) >= 11 is 0. The summed E-state index contributed by atoms with van der Waals surface area (Å²) in [6.45, 7) is 4.49. The Hall–Kier alpha value is -1.91. The molecule has 0 aliphatic carbocycles. The first-order valence-electron chi connectivity index (χ1n) is 7.54. The molecule has 5 heteroatoms. The Labute approximate surface area is 125 Å². The quantitative estimate of drug-likeness (QED) is 0.798. The van der Waals surface area contributed by atoms with Crippen molar-refractivity contribution in [2.75, 3.05) is 6.54 Å². The van der Waals surface area contributed by atoms with Crippen LogP contribution in [0.15, 0.2) is 12.3 Å². The Balaban J connectivity index is 2.10. The minimum atomic E-state index is -0.240. The van der Waals surface area contributed by atoms with Gasteiger partial charge < -0.3 is 4.90 Å². The van der Waals surface area contributed by atoms with Crippen LogP contribution in [-0.4, -0.2) is 39.0 Å². The van der Waals surface area contributed by atoms with E-state index in [9.17, 15) is 9.59 Å². The molecule has 1 aromatic rings. The summed E-state index contributed by atoms with van der Waals surface area (Å²) in [4.78, 5) is 26.1. The van der Waals surface area contributed by atoms with Crippen molar-refractivity contribution >= 4 is 17.8 Å². The number of hydrogen-bond acceptors (Lipinski definition) is 3. The Morgan fingerprint density at radius 2 is 2.19 bits per heavy atom. The first-order chi connectivity index (χ1) is 10.0. The van der Waals surface area contributed by atoms with Crippen molar-refractivity contribution in [1.29, 1.82) is 0 Å². The van der Waals surface area contributed by atoms with E-state index in [1.807, 2.05) is 20.9 Å². The Kier molecular flexibility index (Phi) is 4.94. The summed E-state index contributed by atoms with van der Waals surface area (Å²) in [5, 5.41) is 4.15. The molecule has 1 aliphatic heterocycles. The van der Waals surface area contributed by atoms with E-state index >= 15 is 0 Å². The fraction of sp³-hybridized carbons (Fsp3) is 0.562. The van der Waals surface area contributed by atoms with Gasteiger partial charge in [-0.2, -0.15) is 5.10 Å². The average molecular weight is 289 g/mol. The predicted octanol–water partition coefficient (Wildman–Crippen LogP) is 2.10. The Morgan fingerprint density at radius 3 is 2.81 bits per heavy atom. The number of carbonyl (C=O) groups is 2. The van der Waals surface area contributed by atoms with Crippen molar-refractivity contribution in [1.82, 2.24) is 14.7 Å². The van der Waals surface area contributed by atoms with Crippen molar-refractivity contribution in [2.45, 2.75) is 45.6 Å². The Bertz CT molecular complexity index is 560. The van der Waals surface area contributed by atoms with Gasteiger partial charge in [0.1, 0.15) is 0 Å². The number of Topliss-reactive ketones (excluding diaryl/α,β-unsaturated/α-hetero) is 1. The number of rotatable bonds is 4. The molecule has 114 valence electrons. The summed E-state index contributed by atoms with van der Waals surface area (Å²) in [5.74, 6) is 0.0822. The molecular formula is C16H23N3O2. The maximum Gasteiger partial charge on any atom is 0.247 e. The van der Waals surface area contributed by atoms with Gasteiger partial charge in [-0.3, -0.25) is 14.3 Å². The molecule has 1 unspecified atom stereocenters. The van der Waals surface area contributed by atoms with Crippen molar-refractivity contribution in [3.05, 3.63) is 23.5 Å².